The maximum absolute atomic E-state index is 12.9. The molecule has 2 aromatic rings. The Labute approximate surface area is 147 Å². The average molecular weight is 341 g/mol. The summed E-state index contributed by atoms with van der Waals surface area (Å²) in [6.45, 7) is 4.18. The third kappa shape index (κ3) is 4.54. The van der Waals surface area contributed by atoms with E-state index in [9.17, 15) is 4.79 Å². The lowest BCUT2D eigenvalue weighted by Crippen LogP contribution is -2.43. The molecule has 6 nitrogen and oxygen atoms in total. The largest absolute Gasteiger partial charge is 0.477 e. The Kier molecular flexibility index (Phi) is 5.95. The predicted octanol–water partition coefficient (Wildman–Crippen LogP) is 2.70. The predicted molar refractivity (Wildman–Crippen MR) is 93.4 cm³/mol. The molecule has 0 unspecified atom stereocenters. The highest BCUT2D eigenvalue weighted by Crippen LogP contribution is 2.21. The van der Waals surface area contributed by atoms with Gasteiger partial charge in [0.15, 0.2) is 0 Å². The zero-order chi connectivity index (χ0) is 17.5. The fourth-order valence-electron chi connectivity index (χ4n) is 2.93. The van der Waals surface area contributed by atoms with Gasteiger partial charge in [-0.3, -0.25) is 9.78 Å². The molecule has 1 saturated heterocycles. The Morgan fingerprint density at radius 1 is 1.32 bits per heavy atom. The molecule has 1 amide bonds. The van der Waals surface area contributed by atoms with E-state index in [4.69, 9.17) is 9.47 Å². The molecule has 1 atom stereocenters. The summed E-state index contributed by atoms with van der Waals surface area (Å²) < 4.78 is 11.5. The Balaban J connectivity index is 1.62. The van der Waals surface area contributed by atoms with Gasteiger partial charge in [-0.25, -0.2) is 4.98 Å². The number of likely N-dealkylation sites (tertiary alicyclic amines) is 1. The Bertz CT molecular complexity index is 693. The number of ether oxygens (including phenoxy) is 2. The van der Waals surface area contributed by atoms with E-state index in [1.165, 1.54) is 0 Å². The van der Waals surface area contributed by atoms with Gasteiger partial charge in [-0.2, -0.15) is 0 Å². The summed E-state index contributed by atoms with van der Waals surface area (Å²) in [6, 6.07) is 7.41. The topological polar surface area (TPSA) is 64.5 Å². The van der Waals surface area contributed by atoms with Crippen molar-refractivity contribution in [2.24, 2.45) is 0 Å². The van der Waals surface area contributed by atoms with Crippen molar-refractivity contribution in [2.75, 3.05) is 19.7 Å². The quantitative estimate of drug-likeness (QED) is 0.808. The summed E-state index contributed by atoms with van der Waals surface area (Å²) in [7, 11) is 0. The van der Waals surface area contributed by atoms with Gasteiger partial charge < -0.3 is 14.4 Å². The molecule has 3 heterocycles. The van der Waals surface area contributed by atoms with Crippen LogP contribution in [0.4, 0.5) is 0 Å². The second-order valence-corrected chi connectivity index (χ2v) is 5.98. The molecular formula is C19H23N3O3. The number of rotatable bonds is 6. The van der Waals surface area contributed by atoms with Crippen LogP contribution in [0.2, 0.25) is 0 Å². The number of amides is 1. The summed E-state index contributed by atoms with van der Waals surface area (Å²) in [6.07, 6.45) is 7.09. The molecule has 132 valence electrons. The van der Waals surface area contributed by atoms with Crippen molar-refractivity contribution < 1.29 is 14.3 Å². The number of carbonyl (C=O) groups excluding carboxylic acids is 1. The van der Waals surface area contributed by atoms with Crippen LogP contribution in [0.5, 0.6) is 5.88 Å². The smallest absolute Gasteiger partial charge is 0.259 e. The molecule has 1 aliphatic heterocycles. The second kappa shape index (κ2) is 8.58. The van der Waals surface area contributed by atoms with E-state index in [1.807, 2.05) is 24.0 Å². The van der Waals surface area contributed by atoms with Gasteiger partial charge in [0.25, 0.3) is 5.91 Å². The van der Waals surface area contributed by atoms with E-state index in [-0.39, 0.29) is 12.0 Å². The van der Waals surface area contributed by atoms with Crippen LogP contribution in [0.15, 0.2) is 42.9 Å². The van der Waals surface area contributed by atoms with Gasteiger partial charge in [0, 0.05) is 31.7 Å². The first-order valence-corrected chi connectivity index (χ1v) is 8.65. The van der Waals surface area contributed by atoms with Gasteiger partial charge in [0.2, 0.25) is 5.88 Å². The standard InChI is InChI=1S/C19H23N3O3/c1-2-24-18-17(8-4-10-21-18)19(23)22-11-5-7-16(13-22)25-14-15-6-3-9-20-12-15/h3-4,6,8-10,12,16H,2,5,7,11,13-14H2,1H3/t16-/m1/s1. The number of carbonyl (C=O) groups is 1. The Hall–Kier alpha value is -2.47. The second-order valence-electron chi connectivity index (χ2n) is 5.98. The molecule has 3 rings (SSSR count). The van der Waals surface area contributed by atoms with E-state index in [0.717, 1.165) is 24.9 Å². The van der Waals surface area contributed by atoms with Crippen LogP contribution >= 0.6 is 0 Å². The van der Waals surface area contributed by atoms with E-state index in [2.05, 4.69) is 9.97 Å². The summed E-state index contributed by atoms with van der Waals surface area (Å²) >= 11 is 0. The summed E-state index contributed by atoms with van der Waals surface area (Å²) in [5.41, 5.74) is 1.55. The maximum atomic E-state index is 12.9. The monoisotopic (exact) mass is 341 g/mol. The van der Waals surface area contributed by atoms with Crippen LogP contribution < -0.4 is 4.74 Å². The average Bonchev–Trinajstić information content (AvgIpc) is 2.68. The van der Waals surface area contributed by atoms with E-state index < -0.39 is 0 Å². The van der Waals surface area contributed by atoms with Gasteiger partial charge in [0.1, 0.15) is 5.56 Å². The van der Waals surface area contributed by atoms with Crippen molar-refractivity contribution in [2.45, 2.75) is 32.5 Å². The number of hydrogen-bond donors (Lipinski definition) is 0. The summed E-state index contributed by atoms with van der Waals surface area (Å²) in [5, 5.41) is 0. The zero-order valence-electron chi connectivity index (χ0n) is 14.4. The molecule has 0 N–H and O–H groups in total. The molecule has 0 aromatic carbocycles. The van der Waals surface area contributed by atoms with Gasteiger partial charge in [-0.05, 0) is 43.5 Å². The molecule has 6 heteroatoms. The van der Waals surface area contributed by atoms with Gasteiger partial charge in [-0.1, -0.05) is 6.07 Å². The summed E-state index contributed by atoms with van der Waals surface area (Å²) in [4.78, 5) is 23.0. The number of pyridine rings is 2. The normalized spacial score (nSPS) is 17.3. The molecule has 0 aliphatic carbocycles. The number of hydrogen-bond acceptors (Lipinski definition) is 5. The highest BCUT2D eigenvalue weighted by atomic mass is 16.5. The van der Waals surface area contributed by atoms with Crippen molar-refractivity contribution in [3.8, 4) is 5.88 Å². The number of aromatic nitrogens is 2. The highest BCUT2D eigenvalue weighted by molar-refractivity contribution is 5.96. The first-order valence-electron chi connectivity index (χ1n) is 8.65. The maximum Gasteiger partial charge on any atom is 0.259 e. The van der Waals surface area contributed by atoms with Gasteiger partial charge in [0.05, 0.1) is 19.3 Å². The van der Waals surface area contributed by atoms with Crippen LogP contribution in [0.3, 0.4) is 0 Å². The molecule has 0 bridgehead atoms. The SMILES string of the molecule is CCOc1ncccc1C(=O)N1CCC[C@@H](OCc2cccnc2)C1. The van der Waals surface area contributed by atoms with Gasteiger partial charge >= 0.3 is 0 Å². The molecule has 1 fully saturated rings. The molecule has 0 saturated carbocycles. The van der Waals surface area contributed by atoms with Crippen LogP contribution in [0.25, 0.3) is 0 Å². The van der Waals surface area contributed by atoms with Crippen LogP contribution in [-0.2, 0) is 11.3 Å². The van der Waals surface area contributed by atoms with Crippen molar-refractivity contribution in [3.05, 3.63) is 54.0 Å². The first kappa shape index (κ1) is 17.4. The molecular weight excluding hydrogens is 318 g/mol. The van der Waals surface area contributed by atoms with Crippen molar-refractivity contribution in [1.29, 1.82) is 0 Å². The summed E-state index contributed by atoms with van der Waals surface area (Å²) in [5.74, 6) is 0.347. The third-order valence-corrected chi connectivity index (χ3v) is 4.16. The fraction of sp³-hybridized carbons (Fsp3) is 0.421. The van der Waals surface area contributed by atoms with Crippen LogP contribution in [0, 0.1) is 0 Å². The lowest BCUT2D eigenvalue weighted by molar-refractivity contribution is -0.00692. The molecule has 25 heavy (non-hydrogen) atoms. The highest BCUT2D eigenvalue weighted by Gasteiger charge is 2.27. The molecule has 1 aliphatic rings. The zero-order valence-corrected chi connectivity index (χ0v) is 14.4. The van der Waals surface area contributed by atoms with Crippen LogP contribution in [-0.4, -0.2) is 46.6 Å². The van der Waals surface area contributed by atoms with Crippen molar-refractivity contribution in [1.82, 2.24) is 14.9 Å². The minimum atomic E-state index is -0.0498. The molecule has 2 aromatic heterocycles. The van der Waals surface area contributed by atoms with Crippen molar-refractivity contribution >= 4 is 5.91 Å². The Morgan fingerprint density at radius 2 is 2.20 bits per heavy atom. The lowest BCUT2D eigenvalue weighted by Gasteiger charge is -2.33. The third-order valence-electron chi connectivity index (χ3n) is 4.16. The van der Waals surface area contributed by atoms with E-state index in [1.54, 1.807) is 30.7 Å². The number of piperidine rings is 1. The molecule has 0 spiro atoms. The fourth-order valence-corrected chi connectivity index (χ4v) is 2.93. The van der Waals surface area contributed by atoms with E-state index in [0.29, 0.717) is 31.2 Å². The van der Waals surface area contributed by atoms with E-state index >= 15 is 0 Å². The van der Waals surface area contributed by atoms with Gasteiger partial charge in [-0.15, -0.1) is 0 Å². The van der Waals surface area contributed by atoms with Crippen LogP contribution in [0.1, 0.15) is 35.7 Å². The molecule has 0 radical (unpaired) electrons. The number of nitrogens with zero attached hydrogens (tertiary/aromatic N) is 3. The Morgan fingerprint density at radius 3 is 3.00 bits per heavy atom. The first-order chi connectivity index (χ1) is 12.3. The minimum absolute atomic E-state index is 0.0325. The van der Waals surface area contributed by atoms with Crippen molar-refractivity contribution in [3.63, 3.8) is 0 Å². The minimum Gasteiger partial charge on any atom is -0.477 e. The lowest BCUT2D eigenvalue weighted by atomic mass is 10.1.